The Morgan fingerprint density at radius 2 is 1.90 bits per heavy atom. The van der Waals surface area contributed by atoms with Crippen LogP contribution in [0.15, 0.2) is 36.4 Å². The lowest BCUT2D eigenvalue weighted by Gasteiger charge is -2.09. The third kappa shape index (κ3) is 2.57. The Hall–Kier alpha value is -2.11. The van der Waals surface area contributed by atoms with Gasteiger partial charge >= 0.3 is 0 Å². The Morgan fingerprint density at radius 3 is 2.62 bits per heavy atom. The van der Waals surface area contributed by atoms with Crippen molar-refractivity contribution in [1.82, 2.24) is 20.2 Å². The van der Waals surface area contributed by atoms with Crippen molar-refractivity contribution >= 4 is 28.9 Å². The maximum atomic E-state index is 5.98. The molecule has 0 saturated heterocycles. The Bertz CT molecular complexity index is 813. The predicted octanol–water partition coefficient (Wildman–Crippen LogP) is 3.53. The number of nitrogens with zero attached hydrogens (tertiary/aromatic N) is 4. The van der Waals surface area contributed by atoms with Crippen LogP contribution >= 0.6 is 23.2 Å². The van der Waals surface area contributed by atoms with Crippen LogP contribution in [0.5, 0.6) is 0 Å². The standard InChI is InChI=1S/C14H11Cl2N5/c1-8-6-10(15)3-5-13(8)21-14(18-19-20-21)9-2-4-11(16)12(17)7-9/h2-7H,17H2,1H3. The number of hydrogen-bond donors (Lipinski definition) is 1. The van der Waals surface area contributed by atoms with Gasteiger partial charge in [0.1, 0.15) is 0 Å². The molecule has 106 valence electrons. The molecule has 7 heteroatoms. The summed E-state index contributed by atoms with van der Waals surface area (Å²) in [5.74, 6) is 0.587. The molecule has 0 unspecified atom stereocenters. The minimum Gasteiger partial charge on any atom is -0.398 e. The highest BCUT2D eigenvalue weighted by molar-refractivity contribution is 6.33. The Kier molecular flexibility index (Phi) is 3.53. The molecule has 0 aliphatic heterocycles. The van der Waals surface area contributed by atoms with E-state index in [1.165, 1.54) is 0 Å². The second-order valence-electron chi connectivity index (χ2n) is 4.58. The molecule has 2 N–H and O–H groups in total. The molecule has 3 aromatic rings. The minimum absolute atomic E-state index is 0.483. The van der Waals surface area contributed by atoms with E-state index >= 15 is 0 Å². The van der Waals surface area contributed by atoms with Crippen molar-refractivity contribution in [3.8, 4) is 17.1 Å². The molecular formula is C14H11Cl2N5. The zero-order valence-electron chi connectivity index (χ0n) is 11.1. The van der Waals surface area contributed by atoms with Gasteiger partial charge in [-0.1, -0.05) is 23.2 Å². The molecule has 0 aliphatic carbocycles. The van der Waals surface area contributed by atoms with Crippen LogP contribution in [0.1, 0.15) is 5.56 Å². The van der Waals surface area contributed by atoms with Gasteiger partial charge in [0.05, 0.1) is 16.4 Å². The fourth-order valence-electron chi connectivity index (χ4n) is 2.07. The van der Waals surface area contributed by atoms with Gasteiger partial charge in [0.25, 0.3) is 0 Å². The van der Waals surface area contributed by atoms with Crippen LogP contribution in [0.4, 0.5) is 5.69 Å². The van der Waals surface area contributed by atoms with Crippen LogP contribution in [0, 0.1) is 6.92 Å². The Labute approximate surface area is 131 Å². The van der Waals surface area contributed by atoms with E-state index in [4.69, 9.17) is 28.9 Å². The van der Waals surface area contributed by atoms with E-state index in [9.17, 15) is 0 Å². The van der Waals surface area contributed by atoms with E-state index in [1.54, 1.807) is 22.9 Å². The molecule has 1 heterocycles. The van der Waals surface area contributed by atoms with Crippen molar-refractivity contribution in [3.05, 3.63) is 52.0 Å². The number of rotatable bonds is 2. The van der Waals surface area contributed by atoms with Gasteiger partial charge in [-0.2, -0.15) is 4.68 Å². The molecule has 0 fully saturated rings. The van der Waals surface area contributed by atoms with Gasteiger partial charge in [-0.25, -0.2) is 0 Å². The van der Waals surface area contributed by atoms with Crippen molar-refractivity contribution in [2.75, 3.05) is 5.73 Å². The van der Waals surface area contributed by atoms with Gasteiger partial charge in [0, 0.05) is 10.6 Å². The normalized spacial score (nSPS) is 10.8. The number of tetrazole rings is 1. The highest BCUT2D eigenvalue weighted by Gasteiger charge is 2.13. The molecule has 0 saturated carbocycles. The first-order valence-corrected chi connectivity index (χ1v) is 6.92. The summed E-state index contributed by atoms with van der Waals surface area (Å²) in [4.78, 5) is 0. The summed E-state index contributed by atoms with van der Waals surface area (Å²) in [5, 5.41) is 13.0. The molecule has 21 heavy (non-hydrogen) atoms. The fraction of sp³-hybridized carbons (Fsp3) is 0.0714. The van der Waals surface area contributed by atoms with Gasteiger partial charge < -0.3 is 5.73 Å². The summed E-state index contributed by atoms with van der Waals surface area (Å²) in [6.45, 7) is 1.95. The van der Waals surface area contributed by atoms with E-state index < -0.39 is 0 Å². The van der Waals surface area contributed by atoms with Crippen LogP contribution in [-0.4, -0.2) is 20.2 Å². The number of benzene rings is 2. The third-order valence-electron chi connectivity index (χ3n) is 3.11. The largest absolute Gasteiger partial charge is 0.398 e. The maximum absolute atomic E-state index is 5.98. The van der Waals surface area contributed by atoms with E-state index in [0.29, 0.717) is 21.6 Å². The van der Waals surface area contributed by atoms with Gasteiger partial charge in [0.15, 0.2) is 5.82 Å². The summed E-state index contributed by atoms with van der Waals surface area (Å²) in [7, 11) is 0. The average Bonchev–Trinajstić information content (AvgIpc) is 2.91. The average molecular weight is 320 g/mol. The molecule has 0 atom stereocenters. The molecule has 1 aromatic heterocycles. The number of aromatic nitrogens is 4. The first kappa shape index (κ1) is 13.9. The quantitative estimate of drug-likeness (QED) is 0.733. The van der Waals surface area contributed by atoms with Crippen molar-refractivity contribution < 1.29 is 0 Å². The van der Waals surface area contributed by atoms with Crippen LogP contribution in [0.2, 0.25) is 10.0 Å². The number of anilines is 1. The summed E-state index contributed by atoms with van der Waals surface area (Å²) in [6, 6.07) is 10.8. The van der Waals surface area contributed by atoms with Gasteiger partial charge in [0.2, 0.25) is 0 Å². The monoisotopic (exact) mass is 319 g/mol. The SMILES string of the molecule is Cc1cc(Cl)ccc1-n1nnnc1-c1ccc(Cl)c(N)c1. The number of hydrogen-bond acceptors (Lipinski definition) is 4. The molecule has 5 nitrogen and oxygen atoms in total. The molecule has 2 aromatic carbocycles. The van der Waals surface area contributed by atoms with Crippen molar-refractivity contribution in [2.45, 2.75) is 6.92 Å². The first-order valence-electron chi connectivity index (χ1n) is 6.16. The third-order valence-corrected chi connectivity index (χ3v) is 3.69. The lowest BCUT2D eigenvalue weighted by Crippen LogP contribution is -2.02. The Morgan fingerprint density at radius 1 is 1.10 bits per heavy atom. The van der Waals surface area contributed by atoms with Crippen molar-refractivity contribution in [2.24, 2.45) is 0 Å². The zero-order chi connectivity index (χ0) is 15.0. The molecular weight excluding hydrogens is 309 g/mol. The van der Waals surface area contributed by atoms with E-state index in [2.05, 4.69) is 15.5 Å². The number of aryl methyl sites for hydroxylation is 1. The second kappa shape index (κ2) is 5.35. The number of nitrogen functional groups attached to an aromatic ring is 1. The number of halogens is 2. The molecule has 0 spiro atoms. The predicted molar refractivity (Wildman–Crippen MR) is 83.8 cm³/mol. The fourth-order valence-corrected chi connectivity index (χ4v) is 2.41. The van der Waals surface area contributed by atoms with Gasteiger partial charge in [-0.05, 0) is 59.3 Å². The minimum atomic E-state index is 0.483. The summed E-state index contributed by atoms with van der Waals surface area (Å²) >= 11 is 11.9. The van der Waals surface area contributed by atoms with Crippen LogP contribution in [-0.2, 0) is 0 Å². The van der Waals surface area contributed by atoms with E-state index in [0.717, 1.165) is 16.8 Å². The second-order valence-corrected chi connectivity index (χ2v) is 5.43. The van der Waals surface area contributed by atoms with Crippen LogP contribution < -0.4 is 5.73 Å². The van der Waals surface area contributed by atoms with Gasteiger partial charge in [-0.3, -0.25) is 0 Å². The van der Waals surface area contributed by atoms with E-state index in [1.807, 2.05) is 25.1 Å². The highest BCUT2D eigenvalue weighted by atomic mass is 35.5. The molecule has 0 bridgehead atoms. The molecule has 0 radical (unpaired) electrons. The van der Waals surface area contributed by atoms with Crippen LogP contribution in [0.25, 0.3) is 17.1 Å². The molecule has 0 aliphatic rings. The van der Waals surface area contributed by atoms with Crippen molar-refractivity contribution in [3.63, 3.8) is 0 Å². The number of nitrogens with two attached hydrogens (primary N) is 1. The lowest BCUT2D eigenvalue weighted by atomic mass is 10.1. The maximum Gasteiger partial charge on any atom is 0.187 e. The Balaban J connectivity index is 2.14. The lowest BCUT2D eigenvalue weighted by molar-refractivity contribution is 0.787. The molecule has 0 amide bonds. The van der Waals surface area contributed by atoms with E-state index in [-0.39, 0.29) is 0 Å². The summed E-state index contributed by atoms with van der Waals surface area (Å²) in [6.07, 6.45) is 0. The van der Waals surface area contributed by atoms with Crippen molar-refractivity contribution in [1.29, 1.82) is 0 Å². The topological polar surface area (TPSA) is 69.6 Å². The summed E-state index contributed by atoms with van der Waals surface area (Å²) in [5.41, 5.74) is 8.93. The van der Waals surface area contributed by atoms with Crippen LogP contribution in [0.3, 0.4) is 0 Å². The highest BCUT2D eigenvalue weighted by Crippen LogP contribution is 2.27. The smallest absolute Gasteiger partial charge is 0.187 e. The zero-order valence-corrected chi connectivity index (χ0v) is 12.6. The first-order chi connectivity index (χ1) is 10.1. The van der Waals surface area contributed by atoms with Gasteiger partial charge in [-0.15, -0.1) is 5.10 Å². The summed E-state index contributed by atoms with van der Waals surface area (Å²) < 4.78 is 1.65. The molecule has 3 rings (SSSR count).